The minimum atomic E-state index is -0.122. The summed E-state index contributed by atoms with van der Waals surface area (Å²) in [5, 5.41) is 9.43. The van der Waals surface area contributed by atoms with E-state index in [0.29, 0.717) is 34.5 Å². The van der Waals surface area contributed by atoms with Crippen LogP contribution in [-0.2, 0) is 6.42 Å². The van der Waals surface area contributed by atoms with Crippen molar-refractivity contribution < 1.29 is 0 Å². The Kier molecular flexibility index (Phi) is 4.49. The zero-order valence-corrected chi connectivity index (χ0v) is 15.5. The molecule has 0 aliphatic rings. The SMILES string of the molecule is Cc1cc(C(=N)c2cc3cc(Cc4ccccc4)c(=O)[nH]c3cc2N)ccn1. The summed E-state index contributed by atoms with van der Waals surface area (Å²) in [4.78, 5) is 19.6. The Bertz CT molecular complexity index is 1240. The van der Waals surface area contributed by atoms with Crippen LogP contribution in [-0.4, -0.2) is 15.7 Å². The zero-order valence-electron chi connectivity index (χ0n) is 15.5. The molecule has 0 amide bonds. The Morgan fingerprint density at radius 1 is 1.11 bits per heavy atom. The fourth-order valence-electron chi connectivity index (χ4n) is 3.34. The van der Waals surface area contributed by atoms with Crippen LogP contribution in [0.4, 0.5) is 5.69 Å². The lowest BCUT2D eigenvalue weighted by Crippen LogP contribution is -2.14. The number of hydrogen-bond acceptors (Lipinski definition) is 4. The molecule has 138 valence electrons. The lowest BCUT2D eigenvalue weighted by atomic mass is 9.98. The summed E-state index contributed by atoms with van der Waals surface area (Å²) >= 11 is 0. The van der Waals surface area contributed by atoms with Crippen LogP contribution < -0.4 is 11.3 Å². The predicted molar refractivity (Wildman–Crippen MR) is 113 cm³/mol. The Balaban J connectivity index is 1.79. The third-order valence-electron chi connectivity index (χ3n) is 4.78. The first-order chi connectivity index (χ1) is 13.5. The first kappa shape index (κ1) is 17.7. The van der Waals surface area contributed by atoms with Crippen molar-refractivity contribution in [1.82, 2.24) is 9.97 Å². The Morgan fingerprint density at radius 2 is 1.89 bits per heavy atom. The van der Waals surface area contributed by atoms with E-state index in [1.807, 2.05) is 55.5 Å². The van der Waals surface area contributed by atoms with Crippen LogP contribution in [0.1, 0.15) is 27.9 Å². The van der Waals surface area contributed by atoms with E-state index < -0.39 is 0 Å². The highest BCUT2D eigenvalue weighted by Gasteiger charge is 2.12. The van der Waals surface area contributed by atoms with Gasteiger partial charge in [-0.3, -0.25) is 15.2 Å². The van der Waals surface area contributed by atoms with E-state index in [9.17, 15) is 4.79 Å². The summed E-state index contributed by atoms with van der Waals surface area (Å²) in [6.45, 7) is 1.89. The monoisotopic (exact) mass is 368 g/mol. The van der Waals surface area contributed by atoms with Crippen molar-refractivity contribution in [2.24, 2.45) is 0 Å². The van der Waals surface area contributed by atoms with E-state index in [1.165, 1.54) is 0 Å². The van der Waals surface area contributed by atoms with Crippen molar-refractivity contribution in [2.45, 2.75) is 13.3 Å². The minimum Gasteiger partial charge on any atom is -0.398 e. The average molecular weight is 368 g/mol. The number of aromatic amines is 1. The van der Waals surface area contributed by atoms with E-state index in [1.54, 1.807) is 18.3 Å². The van der Waals surface area contributed by atoms with Crippen molar-refractivity contribution in [3.8, 4) is 0 Å². The third-order valence-corrected chi connectivity index (χ3v) is 4.78. The number of aryl methyl sites for hydroxylation is 1. The molecule has 0 aliphatic heterocycles. The molecule has 0 aliphatic carbocycles. The first-order valence-electron chi connectivity index (χ1n) is 9.02. The Morgan fingerprint density at radius 3 is 2.64 bits per heavy atom. The maximum Gasteiger partial charge on any atom is 0.251 e. The molecule has 2 heterocycles. The number of nitrogens with two attached hydrogens (primary N) is 1. The van der Waals surface area contributed by atoms with Crippen LogP contribution in [0.5, 0.6) is 0 Å². The molecule has 28 heavy (non-hydrogen) atoms. The van der Waals surface area contributed by atoms with Crippen molar-refractivity contribution in [3.63, 3.8) is 0 Å². The quantitative estimate of drug-likeness (QED) is 0.377. The standard InChI is InChI=1S/C23H20N4O/c1-14-9-16(7-8-26-14)22(25)19-12-17-11-18(10-15-5-3-2-4-6-15)23(28)27-21(17)13-20(19)24/h2-9,11-13,25H,10,24H2,1H3,(H,27,28). The normalized spacial score (nSPS) is 10.9. The molecular formula is C23H20N4O. The average Bonchev–Trinajstić information content (AvgIpc) is 2.69. The third kappa shape index (κ3) is 3.42. The fourth-order valence-corrected chi connectivity index (χ4v) is 3.34. The summed E-state index contributed by atoms with van der Waals surface area (Å²) < 4.78 is 0. The van der Waals surface area contributed by atoms with Gasteiger partial charge in [0.1, 0.15) is 0 Å². The first-order valence-corrected chi connectivity index (χ1v) is 9.02. The molecule has 0 unspecified atom stereocenters. The summed E-state index contributed by atoms with van der Waals surface area (Å²) in [5.41, 5.74) is 11.5. The van der Waals surface area contributed by atoms with E-state index in [2.05, 4.69) is 9.97 Å². The van der Waals surface area contributed by atoms with Crippen LogP contribution >= 0.6 is 0 Å². The Hall–Kier alpha value is -3.73. The number of H-pyrrole nitrogens is 1. The molecule has 5 nitrogen and oxygen atoms in total. The van der Waals surface area contributed by atoms with Crippen LogP contribution in [0.2, 0.25) is 0 Å². The largest absolute Gasteiger partial charge is 0.398 e. The van der Waals surface area contributed by atoms with Crippen LogP contribution in [0.15, 0.2) is 71.7 Å². The van der Waals surface area contributed by atoms with Gasteiger partial charge in [-0.2, -0.15) is 0 Å². The molecule has 2 aromatic heterocycles. The van der Waals surface area contributed by atoms with Gasteiger partial charge >= 0.3 is 0 Å². The molecule has 0 spiro atoms. The number of anilines is 1. The molecule has 0 bridgehead atoms. The highest BCUT2D eigenvalue weighted by molar-refractivity contribution is 6.15. The molecule has 2 aromatic carbocycles. The van der Waals surface area contributed by atoms with Gasteiger partial charge in [-0.1, -0.05) is 30.3 Å². The molecule has 4 aromatic rings. The lowest BCUT2D eigenvalue weighted by molar-refractivity contribution is 1.12. The molecule has 0 atom stereocenters. The molecule has 4 rings (SSSR count). The van der Waals surface area contributed by atoms with Gasteiger partial charge in [0.2, 0.25) is 0 Å². The summed E-state index contributed by atoms with van der Waals surface area (Å²) in [7, 11) is 0. The molecule has 0 radical (unpaired) electrons. The Labute approximate surface area is 162 Å². The van der Waals surface area contributed by atoms with Gasteiger partial charge in [-0.05, 0) is 48.2 Å². The zero-order chi connectivity index (χ0) is 19.7. The topological polar surface area (TPSA) is 95.6 Å². The number of nitrogens with zero attached hydrogens (tertiary/aromatic N) is 1. The summed E-state index contributed by atoms with van der Waals surface area (Å²) in [6.07, 6.45) is 2.23. The lowest BCUT2D eigenvalue weighted by Gasteiger charge is -2.11. The van der Waals surface area contributed by atoms with E-state index in [0.717, 1.165) is 22.2 Å². The highest BCUT2D eigenvalue weighted by atomic mass is 16.1. The van der Waals surface area contributed by atoms with Gasteiger partial charge in [0.25, 0.3) is 5.56 Å². The maximum atomic E-state index is 12.5. The van der Waals surface area contributed by atoms with Gasteiger partial charge < -0.3 is 10.7 Å². The van der Waals surface area contributed by atoms with Gasteiger partial charge in [-0.25, -0.2) is 0 Å². The van der Waals surface area contributed by atoms with E-state index in [4.69, 9.17) is 11.1 Å². The number of nitrogens with one attached hydrogen (secondary N) is 2. The van der Waals surface area contributed by atoms with Crippen LogP contribution in [0.3, 0.4) is 0 Å². The van der Waals surface area contributed by atoms with Crippen LogP contribution in [0, 0.1) is 12.3 Å². The molecular weight excluding hydrogens is 348 g/mol. The van der Waals surface area contributed by atoms with Crippen LogP contribution in [0.25, 0.3) is 10.9 Å². The van der Waals surface area contributed by atoms with E-state index in [-0.39, 0.29) is 5.56 Å². The number of fused-ring (bicyclic) bond motifs is 1. The number of hydrogen-bond donors (Lipinski definition) is 3. The highest BCUT2D eigenvalue weighted by Crippen LogP contribution is 2.23. The summed E-state index contributed by atoms with van der Waals surface area (Å²) in [6, 6.07) is 19.0. The number of rotatable bonds is 4. The summed E-state index contributed by atoms with van der Waals surface area (Å²) in [5.74, 6) is 0. The second kappa shape index (κ2) is 7.12. The minimum absolute atomic E-state index is 0.122. The number of benzene rings is 2. The fraction of sp³-hybridized carbons (Fsp3) is 0.0870. The number of aromatic nitrogens is 2. The molecule has 0 saturated carbocycles. The smallest absolute Gasteiger partial charge is 0.251 e. The number of nitrogen functional groups attached to an aromatic ring is 1. The van der Waals surface area contributed by atoms with Gasteiger partial charge in [0, 0.05) is 40.7 Å². The molecule has 0 saturated heterocycles. The van der Waals surface area contributed by atoms with Crippen molar-refractivity contribution in [1.29, 1.82) is 5.41 Å². The predicted octanol–water partition coefficient (Wildman–Crippen LogP) is 3.82. The van der Waals surface area contributed by atoms with Gasteiger partial charge in [-0.15, -0.1) is 0 Å². The second-order valence-corrected chi connectivity index (χ2v) is 6.87. The van der Waals surface area contributed by atoms with E-state index >= 15 is 0 Å². The molecule has 0 fully saturated rings. The van der Waals surface area contributed by atoms with Gasteiger partial charge in [0.15, 0.2) is 0 Å². The maximum absolute atomic E-state index is 12.5. The van der Waals surface area contributed by atoms with Crippen molar-refractivity contribution >= 4 is 22.3 Å². The van der Waals surface area contributed by atoms with Gasteiger partial charge in [0.05, 0.1) is 11.2 Å². The second-order valence-electron chi connectivity index (χ2n) is 6.87. The number of pyridine rings is 2. The van der Waals surface area contributed by atoms with Crippen molar-refractivity contribution in [3.05, 3.63) is 105 Å². The molecule has 4 N–H and O–H groups in total. The van der Waals surface area contributed by atoms with Crippen molar-refractivity contribution in [2.75, 3.05) is 5.73 Å². The molecule has 5 heteroatoms.